The van der Waals surface area contributed by atoms with Crippen LogP contribution in [0, 0.1) is 0 Å². The van der Waals surface area contributed by atoms with E-state index < -0.39 is 12.0 Å². The summed E-state index contributed by atoms with van der Waals surface area (Å²) in [6.45, 7) is 0.697. The van der Waals surface area contributed by atoms with Gasteiger partial charge in [0.1, 0.15) is 0 Å². The summed E-state index contributed by atoms with van der Waals surface area (Å²) in [5.74, 6) is -1.12. The maximum absolute atomic E-state index is 12.1. The van der Waals surface area contributed by atoms with Gasteiger partial charge in [0, 0.05) is 11.1 Å². The summed E-state index contributed by atoms with van der Waals surface area (Å²) in [4.78, 5) is 23.1. The van der Waals surface area contributed by atoms with E-state index in [0.717, 1.165) is 22.9 Å². The molecule has 1 amide bonds. The first-order valence-electron chi connectivity index (χ1n) is 6.93. The Hall–Kier alpha value is -1.40. The number of nitrogens with one attached hydrogen (secondary N) is 1. The van der Waals surface area contributed by atoms with E-state index in [0.29, 0.717) is 6.61 Å². The van der Waals surface area contributed by atoms with Crippen molar-refractivity contribution in [2.75, 3.05) is 6.61 Å². The van der Waals surface area contributed by atoms with Gasteiger partial charge in [0.25, 0.3) is 0 Å². The molecule has 0 radical (unpaired) electrons. The van der Waals surface area contributed by atoms with E-state index >= 15 is 0 Å². The minimum atomic E-state index is -0.947. The highest BCUT2D eigenvalue weighted by molar-refractivity contribution is 9.10. The maximum atomic E-state index is 12.1. The summed E-state index contributed by atoms with van der Waals surface area (Å²) in [5, 5.41) is 11.8. The Morgan fingerprint density at radius 3 is 2.90 bits per heavy atom. The van der Waals surface area contributed by atoms with Gasteiger partial charge >= 0.3 is 5.97 Å². The Balaban J connectivity index is 2.01. The van der Waals surface area contributed by atoms with Gasteiger partial charge in [0.2, 0.25) is 5.91 Å². The zero-order valence-corrected chi connectivity index (χ0v) is 13.1. The summed E-state index contributed by atoms with van der Waals surface area (Å²) in [5.41, 5.74) is 0.771. The predicted octanol–water partition coefficient (Wildman–Crippen LogP) is 2.65. The van der Waals surface area contributed by atoms with Crippen LogP contribution in [0.25, 0.3) is 0 Å². The van der Waals surface area contributed by atoms with E-state index in [4.69, 9.17) is 9.84 Å². The number of hydrogen-bond donors (Lipinski definition) is 2. The van der Waals surface area contributed by atoms with Crippen LogP contribution in [0.1, 0.15) is 37.3 Å². The van der Waals surface area contributed by atoms with Gasteiger partial charge in [0.15, 0.2) is 0 Å². The van der Waals surface area contributed by atoms with Gasteiger partial charge in [-0.1, -0.05) is 28.1 Å². The minimum Gasteiger partial charge on any atom is -0.481 e. The average Bonchev–Trinajstić information content (AvgIpc) is 2.90. The number of aliphatic carboxylic acids is 1. The molecule has 1 saturated heterocycles. The van der Waals surface area contributed by atoms with Crippen molar-refractivity contribution in [3.05, 3.63) is 34.3 Å². The first kappa shape index (κ1) is 16.0. The lowest BCUT2D eigenvalue weighted by atomic mass is 10.0. The molecule has 2 N–H and O–H groups in total. The molecule has 1 fully saturated rings. The molecule has 0 saturated carbocycles. The first-order valence-corrected chi connectivity index (χ1v) is 7.72. The minimum absolute atomic E-state index is 0.0435. The number of halogens is 1. The van der Waals surface area contributed by atoms with Gasteiger partial charge in [-0.3, -0.25) is 9.59 Å². The number of carboxylic acids is 1. The fraction of sp³-hybridized carbons (Fsp3) is 0.467. The Labute approximate surface area is 131 Å². The third kappa shape index (κ3) is 5.13. The highest BCUT2D eigenvalue weighted by atomic mass is 79.9. The topological polar surface area (TPSA) is 75.6 Å². The number of carbonyl (C=O) groups is 2. The average molecular weight is 356 g/mol. The Morgan fingerprint density at radius 2 is 2.29 bits per heavy atom. The van der Waals surface area contributed by atoms with Gasteiger partial charge in [-0.05, 0) is 30.5 Å². The summed E-state index contributed by atoms with van der Waals surface area (Å²) in [6.07, 6.45) is 1.95. The highest BCUT2D eigenvalue weighted by Crippen LogP contribution is 2.22. The lowest BCUT2D eigenvalue weighted by Gasteiger charge is -2.19. The van der Waals surface area contributed by atoms with Crippen LogP contribution in [-0.4, -0.2) is 29.7 Å². The second-order valence-electron chi connectivity index (χ2n) is 5.11. The van der Waals surface area contributed by atoms with Gasteiger partial charge in [-0.2, -0.15) is 0 Å². The third-order valence-corrected chi connectivity index (χ3v) is 3.90. The van der Waals surface area contributed by atoms with Crippen LogP contribution < -0.4 is 5.32 Å². The van der Waals surface area contributed by atoms with Crippen LogP contribution in [0.15, 0.2) is 28.7 Å². The fourth-order valence-corrected chi connectivity index (χ4v) is 2.83. The van der Waals surface area contributed by atoms with Crippen molar-refractivity contribution in [2.24, 2.45) is 0 Å². The van der Waals surface area contributed by atoms with E-state index in [9.17, 15) is 9.59 Å². The van der Waals surface area contributed by atoms with Crippen molar-refractivity contribution in [1.29, 1.82) is 0 Å². The molecule has 2 atom stereocenters. The monoisotopic (exact) mass is 355 g/mol. The van der Waals surface area contributed by atoms with Crippen LogP contribution in [0.5, 0.6) is 0 Å². The van der Waals surface area contributed by atoms with E-state index in [1.165, 1.54) is 0 Å². The number of carbonyl (C=O) groups excluding carboxylic acids is 1. The van der Waals surface area contributed by atoms with E-state index in [1.807, 2.05) is 24.3 Å². The smallest absolute Gasteiger partial charge is 0.305 e. The molecule has 1 aromatic rings. The van der Waals surface area contributed by atoms with Gasteiger partial charge in [0.05, 0.1) is 25.0 Å². The number of hydrogen-bond acceptors (Lipinski definition) is 3. The predicted molar refractivity (Wildman–Crippen MR) is 80.9 cm³/mol. The summed E-state index contributed by atoms with van der Waals surface area (Å²) in [7, 11) is 0. The molecule has 0 aliphatic carbocycles. The second-order valence-corrected chi connectivity index (χ2v) is 6.03. The number of amides is 1. The van der Waals surface area contributed by atoms with Crippen molar-refractivity contribution >= 4 is 27.8 Å². The molecule has 0 bridgehead atoms. The molecule has 0 unspecified atom stereocenters. The van der Waals surface area contributed by atoms with Gasteiger partial charge in [-0.15, -0.1) is 0 Å². The van der Waals surface area contributed by atoms with Crippen LogP contribution in [-0.2, 0) is 14.3 Å². The van der Waals surface area contributed by atoms with Gasteiger partial charge < -0.3 is 15.2 Å². The normalized spacial score (nSPS) is 19.2. The number of benzene rings is 1. The van der Waals surface area contributed by atoms with Crippen molar-refractivity contribution in [1.82, 2.24) is 5.32 Å². The lowest BCUT2D eigenvalue weighted by Crippen LogP contribution is -2.32. The van der Waals surface area contributed by atoms with Crippen molar-refractivity contribution in [3.63, 3.8) is 0 Å². The molecule has 6 heteroatoms. The maximum Gasteiger partial charge on any atom is 0.305 e. The SMILES string of the molecule is O=C(O)C[C@@H](NC(=O)C[C@H]1CCCO1)c1cccc(Br)c1. The zero-order chi connectivity index (χ0) is 15.2. The van der Waals surface area contributed by atoms with E-state index in [2.05, 4.69) is 21.2 Å². The number of ether oxygens (including phenoxy) is 1. The standard InChI is InChI=1S/C15H18BrNO4/c16-11-4-1-3-10(7-11)13(9-15(19)20)17-14(18)8-12-5-2-6-21-12/h1,3-4,7,12-13H,2,5-6,8-9H2,(H,17,18)(H,19,20)/t12-,13-/m1/s1. The molecular weight excluding hydrogens is 338 g/mol. The fourth-order valence-electron chi connectivity index (χ4n) is 2.42. The molecule has 114 valence electrons. The largest absolute Gasteiger partial charge is 0.481 e. The van der Waals surface area contributed by atoms with Gasteiger partial charge in [-0.25, -0.2) is 0 Å². The van der Waals surface area contributed by atoms with Crippen molar-refractivity contribution in [3.8, 4) is 0 Å². The first-order chi connectivity index (χ1) is 10.0. The van der Waals surface area contributed by atoms with E-state index in [-0.39, 0.29) is 24.9 Å². The van der Waals surface area contributed by atoms with Crippen LogP contribution in [0.4, 0.5) is 0 Å². The molecule has 21 heavy (non-hydrogen) atoms. The molecule has 2 rings (SSSR count). The quantitative estimate of drug-likeness (QED) is 0.822. The molecule has 0 aromatic heterocycles. The van der Waals surface area contributed by atoms with E-state index in [1.54, 1.807) is 0 Å². The summed E-state index contributed by atoms with van der Waals surface area (Å²) < 4.78 is 6.28. The molecule has 1 aliphatic heterocycles. The summed E-state index contributed by atoms with van der Waals surface area (Å²) in [6, 6.07) is 6.77. The number of rotatable bonds is 6. The Kier molecular flexibility index (Phi) is 5.76. The summed E-state index contributed by atoms with van der Waals surface area (Å²) >= 11 is 3.35. The molecule has 0 spiro atoms. The molecule has 1 heterocycles. The van der Waals surface area contributed by atoms with Crippen LogP contribution in [0.2, 0.25) is 0 Å². The molecular formula is C15H18BrNO4. The second kappa shape index (κ2) is 7.56. The molecule has 1 aliphatic rings. The lowest BCUT2D eigenvalue weighted by molar-refractivity contribution is -0.137. The van der Waals surface area contributed by atoms with Crippen molar-refractivity contribution in [2.45, 2.75) is 37.8 Å². The molecule has 5 nitrogen and oxygen atoms in total. The Bertz CT molecular complexity index is 514. The Morgan fingerprint density at radius 1 is 1.48 bits per heavy atom. The molecule has 1 aromatic carbocycles. The third-order valence-electron chi connectivity index (χ3n) is 3.40. The van der Waals surface area contributed by atoms with Crippen molar-refractivity contribution < 1.29 is 19.4 Å². The zero-order valence-electron chi connectivity index (χ0n) is 11.5. The number of carboxylic acid groups (broad SMARTS) is 1. The van der Waals surface area contributed by atoms with Crippen LogP contribution in [0.3, 0.4) is 0 Å². The highest BCUT2D eigenvalue weighted by Gasteiger charge is 2.23. The van der Waals surface area contributed by atoms with Crippen LogP contribution >= 0.6 is 15.9 Å².